The molecule has 0 fully saturated rings. The van der Waals surface area contributed by atoms with E-state index in [2.05, 4.69) is 0 Å². The van der Waals surface area contributed by atoms with Crippen molar-refractivity contribution in [3.63, 3.8) is 0 Å². The molecule has 0 radical (unpaired) electrons. The molecule has 0 aliphatic heterocycles. The molecule has 0 aliphatic carbocycles. The number of alkyl halides is 6. The molecule has 0 saturated carbocycles. The van der Waals surface area contributed by atoms with Gasteiger partial charge >= 0.3 is 42.9 Å². The van der Waals surface area contributed by atoms with Crippen LogP contribution >= 0.6 is 0 Å². The standard InChI is InChI=1S/C20H22F6N4O6S2/c1-27-11-5-3-7-15(27)9-13-29(37(33,34)19(21,22)23)17(31)18(32)30(38(35,36)20(24,25)26)14-10-16-8-4-6-12-28(16)2/h3-8,11-12H,9-10,13-14H2,1-2H3/q+2. The molecule has 0 bridgehead atoms. The second-order valence-electron chi connectivity index (χ2n) is 7.76. The number of nitrogens with zero attached hydrogens (tertiary/aromatic N) is 4. The fourth-order valence-electron chi connectivity index (χ4n) is 3.19. The normalized spacial score (nSPS) is 12.7. The van der Waals surface area contributed by atoms with E-state index in [4.69, 9.17) is 0 Å². The number of carbonyl (C=O) groups is 2. The lowest BCUT2D eigenvalue weighted by Crippen LogP contribution is -2.55. The maximum Gasteiger partial charge on any atom is 0.516 e. The summed E-state index contributed by atoms with van der Waals surface area (Å²) < 4.78 is 129. The maximum absolute atomic E-state index is 13.3. The zero-order chi connectivity index (χ0) is 29.1. The smallest absolute Gasteiger partial charge is 0.262 e. The lowest BCUT2D eigenvalue weighted by Gasteiger charge is -2.27. The molecule has 2 aromatic rings. The van der Waals surface area contributed by atoms with Crippen LogP contribution in [0.25, 0.3) is 0 Å². The van der Waals surface area contributed by atoms with Crippen molar-refractivity contribution in [2.24, 2.45) is 14.1 Å². The van der Waals surface area contributed by atoms with Crippen LogP contribution in [0.4, 0.5) is 26.3 Å². The molecule has 2 aromatic heterocycles. The highest BCUT2D eigenvalue weighted by Crippen LogP contribution is 2.30. The van der Waals surface area contributed by atoms with Gasteiger partial charge in [-0.3, -0.25) is 9.59 Å². The second kappa shape index (κ2) is 11.2. The van der Waals surface area contributed by atoms with Crippen molar-refractivity contribution in [1.82, 2.24) is 8.61 Å². The minimum absolute atomic E-state index is 0.187. The first kappa shape index (κ1) is 30.9. The van der Waals surface area contributed by atoms with Gasteiger partial charge in [0.25, 0.3) is 0 Å². The van der Waals surface area contributed by atoms with E-state index in [1.807, 2.05) is 0 Å². The monoisotopic (exact) mass is 592 g/mol. The Morgan fingerprint density at radius 2 is 1.00 bits per heavy atom. The predicted octanol–water partition coefficient (Wildman–Crippen LogP) is 0.477. The van der Waals surface area contributed by atoms with Crippen LogP contribution in [0, 0.1) is 0 Å². The zero-order valence-corrected chi connectivity index (χ0v) is 21.4. The Kier molecular flexibility index (Phi) is 9.14. The summed E-state index contributed by atoms with van der Waals surface area (Å²) in [5.41, 5.74) is -11.9. The molecule has 0 saturated heterocycles. The highest BCUT2D eigenvalue weighted by atomic mass is 32.2. The number of aromatic nitrogens is 2. The van der Waals surface area contributed by atoms with Crippen LogP contribution in [0.3, 0.4) is 0 Å². The molecule has 2 amide bonds. The Labute approximate surface area is 213 Å². The molecule has 0 unspecified atom stereocenters. The van der Waals surface area contributed by atoms with E-state index in [0.717, 1.165) is 0 Å². The average molecular weight is 593 g/mol. The molecule has 2 heterocycles. The summed E-state index contributed by atoms with van der Waals surface area (Å²) in [7, 11) is -10.3. The summed E-state index contributed by atoms with van der Waals surface area (Å²) in [5.74, 6) is -5.24. The van der Waals surface area contributed by atoms with Gasteiger partial charge in [-0.05, 0) is 0 Å². The van der Waals surface area contributed by atoms with Crippen LogP contribution in [0.1, 0.15) is 11.4 Å². The molecule has 210 valence electrons. The van der Waals surface area contributed by atoms with Crippen LogP contribution in [-0.4, -0.2) is 61.4 Å². The molecule has 0 atom stereocenters. The van der Waals surface area contributed by atoms with Crippen LogP contribution in [0.2, 0.25) is 0 Å². The molecule has 2 rings (SSSR count). The number of amides is 2. The van der Waals surface area contributed by atoms with Gasteiger partial charge in [-0.15, -0.1) is 0 Å². The third-order valence-corrected chi connectivity index (χ3v) is 8.30. The van der Waals surface area contributed by atoms with E-state index in [0.29, 0.717) is 0 Å². The van der Waals surface area contributed by atoms with E-state index in [1.54, 1.807) is 0 Å². The summed E-state index contributed by atoms with van der Waals surface area (Å²) >= 11 is 0. The Hall–Kier alpha value is -3.28. The SMILES string of the molecule is C[n+]1ccccc1CCN(C(=O)C(=O)N(CCc1cccc[n+]1C)S(=O)(=O)C(F)(F)F)S(=O)(=O)C(F)(F)F. The number of sulfonamides is 2. The summed E-state index contributed by atoms with van der Waals surface area (Å²) in [6.07, 6.45) is 1.70. The lowest BCUT2D eigenvalue weighted by atomic mass is 10.2. The van der Waals surface area contributed by atoms with E-state index in [1.165, 1.54) is 72.0 Å². The number of halogens is 6. The van der Waals surface area contributed by atoms with Crippen molar-refractivity contribution in [2.75, 3.05) is 13.1 Å². The van der Waals surface area contributed by atoms with Gasteiger partial charge in [-0.2, -0.15) is 43.2 Å². The predicted molar refractivity (Wildman–Crippen MR) is 116 cm³/mol. The first-order chi connectivity index (χ1) is 17.3. The van der Waals surface area contributed by atoms with Crippen LogP contribution in [0.15, 0.2) is 48.8 Å². The minimum Gasteiger partial charge on any atom is -0.262 e. The highest BCUT2D eigenvalue weighted by molar-refractivity contribution is 7.91. The van der Waals surface area contributed by atoms with Crippen LogP contribution in [0.5, 0.6) is 0 Å². The third kappa shape index (κ3) is 6.58. The summed E-state index contributed by atoms with van der Waals surface area (Å²) in [5, 5.41) is 0. The number of pyridine rings is 2. The first-order valence-corrected chi connectivity index (χ1v) is 13.3. The van der Waals surface area contributed by atoms with E-state index < -0.39 is 77.4 Å². The molecular weight excluding hydrogens is 570 g/mol. The Morgan fingerprint density at radius 3 is 1.26 bits per heavy atom. The summed E-state index contributed by atoms with van der Waals surface area (Å²) in [4.78, 5) is 25.5. The van der Waals surface area contributed by atoms with Gasteiger partial charge in [-0.1, -0.05) is 12.1 Å². The van der Waals surface area contributed by atoms with Crippen molar-refractivity contribution >= 4 is 31.9 Å². The number of rotatable bonds is 8. The second-order valence-corrected chi connectivity index (χ2v) is 11.5. The molecule has 0 aliphatic rings. The van der Waals surface area contributed by atoms with E-state index in [9.17, 15) is 52.8 Å². The quantitative estimate of drug-likeness (QED) is 0.250. The maximum atomic E-state index is 13.3. The fraction of sp³-hybridized carbons (Fsp3) is 0.400. The average Bonchev–Trinajstić information content (AvgIpc) is 2.79. The van der Waals surface area contributed by atoms with Gasteiger partial charge in [0.15, 0.2) is 23.8 Å². The zero-order valence-electron chi connectivity index (χ0n) is 19.8. The van der Waals surface area contributed by atoms with E-state index in [-0.39, 0.29) is 11.4 Å². The number of carbonyl (C=O) groups excluding carboxylic acids is 2. The van der Waals surface area contributed by atoms with Crippen molar-refractivity contribution in [3.8, 4) is 0 Å². The van der Waals surface area contributed by atoms with Crippen LogP contribution < -0.4 is 9.13 Å². The molecule has 0 aromatic carbocycles. The number of hydrogen-bond donors (Lipinski definition) is 0. The van der Waals surface area contributed by atoms with Crippen LogP contribution in [-0.2, 0) is 56.6 Å². The topological polar surface area (TPSA) is 117 Å². The van der Waals surface area contributed by atoms with Gasteiger partial charge < -0.3 is 0 Å². The van der Waals surface area contributed by atoms with Gasteiger partial charge in [0.2, 0.25) is 0 Å². The van der Waals surface area contributed by atoms with Gasteiger partial charge in [0.05, 0.1) is 12.8 Å². The Balaban J connectivity index is 2.52. The summed E-state index contributed by atoms with van der Waals surface area (Å²) in [6.45, 7) is -2.64. The van der Waals surface area contributed by atoms with E-state index >= 15 is 0 Å². The van der Waals surface area contributed by atoms with Gasteiger partial charge in [0, 0.05) is 37.4 Å². The number of aryl methyl sites for hydroxylation is 2. The first-order valence-electron chi connectivity index (χ1n) is 10.5. The Morgan fingerprint density at radius 1 is 0.684 bits per heavy atom. The fourth-order valence-corrected chi connectivity index (χ4v) is 4.95. The molecule has 10 nitrogen and oxygen atoms in total. The third-order valence-electron chi connectivity index (χ3n) is 5.27. The molecular formula is C20H22F6N4O6S2+2. The molecule has 0 spiro atoms. The van der Waals surface area contributed by atoms with Crippen molar-refractivity contribution in [1.29, 1.82) is 0 Å². The molecule has 0 N–H and O–H groups in total. The van der Waals surface area contributed by atoms with Crippen molar-refractivity contribution in [2.45, 2.75) is 23.9 Å². The summed E-state index contributed by atoms with van der Waals surface area (Å²) in [6, 6.07) is 8.62. The largest absolute Gasteiger partial charge is 0.516 e. The van der Waals surface area contributed by atoms with Crippen molar-refractivity contribution < 1.29 is 61.9 Å². The lowest BCUT2D eigenvalue weighted by molar-refractivity contribution is -0.679. The molecule has 38 heavy (non-hydrogen) atoms. The number of hydrogen-bond acceptors (Lipinski definition) is 6. The highest BCUT2D eigenvalue weighted by Gasteiger charge is 2.57. The molecule has 18 heteroatoms. The van der Waals surface area contributed by atoms with Gasteiger partial charge in [0.1, 0.15) is 14.1 Å². The van der Waals surface area contributed by atoms with Gasteiger partial charge in [-0.25, -0.2) is 17.7 Å². The minimum atomic E-state index is -6.61. The van der Waals surface area contributed by atoms with Crippen molar-refractivity contribution in [3.05, 3.63) is 60.2 Å². The Bertz CT molecular complexity index is 1300.